The molecule has 2 aromatic heterocycles. The van der Waals surface area contributed by atoms with E-state index in [0.717, 1.165) is 35.3 Å². The second-order valence-corrected chi connectivity index (χ2v) is 13.7. The second kappa shape index (κ2) is 12.9. The zero-order valence-corrected chi connectivity index (χ0v) is 28.7. The summed E-state index contributed by atoms with van der Waals surface area (Å²) in [5, 5.41) is 4.93. The molecule has 6 aromatic carbocycles. The molecule has 8 aromatic rings. The molecule has 0 saturated carbocycles. The molecule has 0 aliphatic heterocycles. The van der Waals surface area contributed by atoms with Gasteiger partial charge < -0.3 is 20.6 Å². The largest absolute Gasteiger partial charge is 0.322 e. The van der Waals surface area contributed by atoms with Crippen molar-refractivity contribution in [3.63, 3.8) is 0 Å². The molecule has 9 rings (SSSR count). The third-order valence-electron chi connectivity index (χ3n) is 10.8. The van der Waals surface area contributed by atoms with Crippen molar-refractivity contribution < 1.29 is 0 Å². The Hall–Kier alpha value is -5.72. The molecule has 2 unspecified atom stereocenters. The first kappa shape index (κ1) is 31.3. The fourth-order valence-electron chi connectivity index (χ4n) is 8.29. The second-order valence-electron chi connectivity index (χ2n) is 13.7. The number of nitrogens with two attached hydrogens (primary N) is 2. The maximum Gasteiger partial charge on any atom is 0.0800 e. The summed E-state index contributed by atoms with van der Waals surface area (Å²) in [7, 11) is 2.10. The minimum absolute atomic E-state index is 0.117. The molecule has 5 nitrogen and oxygen atoms in total. The number of benzene rings is 6. The summed E-state index contributed by atoms with van der Waals surface area (Å²) in [5.74, 6) is 0. The number of para-hydroxylation sites is 3. The Balaban J connectivity index is 1.21. The van der Waals surface area contributed by atoms with E-state index in [1.807, 2.05) is 0 Å². The van der Waals surface area contributed by atoms with Crippen LogP contribution in [-0.2, 0) is 0 Å². The van der Waals surface area contributed by atoms with E-state index in [9.17, 15) is 0 Å². The highest BCUT2D eigenvalue weighted by Crippen LogP contribution is 2.42. The van der Waals surface area contributed by atoms with Gasteiger partial charge in [-0.1, -0.05) is 127 Å². The van der Waals surface area contributed by atoms with Crippen molar-refractivity contribution >= 4 is 43.6 Å². The fourth-order valence-corrected chi connectivity index (χ4v) is 8.29. The Kier molecular flexibility index (Phi) is 7.89. The summed E-state index contributed by atoms with van der Waals surface area (Å²) in [6.45, 7) is 0. The summed E-state index contributed by atoms with van der Waals surface area (Å²) >= 11 is 0. The van der Waals surface area contributed by atoms with Gasteiger partial charge in [-0.05, 0) is 73.0 Å². The van der Waals surface area contributed by atoms with E-state index in [1.54, 1.807) is 0 Å². The van der Waals surface area contributed by atoms with Crippen molar-refractivity contribution in [2.75, 3.05) is 7.05 Å². The Morgan fingerprint density at radius 3 is 1.65 bits per heavy atom. The minimum atomic E-state index is -0.303. The molecule has 0 bridgehead atoms. The zero-order chi connectivity index (χ0) is 34.5. The smallest absolute Gasteiger partial charge is 0.0800 e. The van der Waals surface area contributed by atoms with Gasteiger partial charge in [0.1, 0.15) is 0 Å². The van der Waals surface area contributed by atoms with Crippen LogP contribution in [0, 0.1) is 0 Å². The topological polar surface area (TPSA) is 65.1 Å². The Morgan fingerprint density at radius 2 is 1.08 bits per heavy atom. The molecule has 3 atom stereocenters. The lowest BCUT2D eigenvalue weighted by atomic mass is 9.91. The number of aromatic nitrogens is 2. The van der Waals surface area contributed by atoms with Crippen LogP contribution in [0.2, 0.25) is 0 Å². The van der Waals surface area contributed by atoms with E-state index in [0.29, 0.717) is 0 Å². The van der Waals surface area contributed by atoms with Gasteiger partial charge in [-0.3, -0.25) is 4.90 Å². The molecule has 2 heterocycles. The van der Waals surface area contributed by atoms with Crippen LogP contribution >= 0.6 is 0 Å². The van der Waals surface area contributed by atoms with Crippen molar-refractivity contribution in [1.82, 2.24) is 14.0 Å². The summed E-state index contributed by atoms with van der Waals surface area (Å²) in [6, 6.07) is 51.7. The number of hydrogen-bond donors (Lipinski definition) is 2. The number of rotatable bonds is 8. The number of fused-ring (bicyclic) bond motifs is 7. The minimum Gasteiger partial charge on any atom is -0.322 e. The summed E-state index contributed by atoms with van der Waals surface area (Å²) in [6.07, 6.45) is 8.21. The average Bonchev–Trinajstić information content (AvgIpc) is 3.72. The first-order valence-corrected chi connectivity index (χ1v) is 17.8. The summed E-state index contributed by atoms with van der Waals surface area (Å²) in [5.41, 5.74) is 24.6. The standard InChI is InChI=1S/C46H41N5/c1-49(46(48)33-17-7-3-8-18-33)43(32-15-5-2-6-16-32)42(47)31-25-27-35(28-26-31)51-41-24-14-12-22-37(41)39-30-29-38-36-21-11-13-23-40(36)50(44(38)45(39)51)34-19-9-4-10-20-34/h2-7,9-17,19-30,42-43,46H,8,18,47-48H2,1H3/t42-,43?,46?/m0/s1. The van der Waals surface area contributed by atoms with Crippen molar-refractivity contribution in [2.24, 2.45) is 11.5 Å². The lowest BCUT2D eigenvalue weighted by Gasteiger charge is -2.38. The van der Waals surface area contributed by atoms with Crippen LogP contribution in [0.25, 0.3) is 55.0 Å². The predicted octanol–water partition coefficient (Wildman–Crippen LogP) is 10.1. The molecule has 0 saturated heterocycles. The molecule has 4 N–H and O–H groups in total. The maximum absolute atomic E-state index is 7.25. The van der Waals surface area contributed by atoms with Gasteiger partial charge >= 0.3 is 0 Å². The van der Waals surface area contributed by atoms with Gasteiger partial charge in [0.05, 0.1) is 34.3 Å². The molecule has 0 radical (unpaired) electrons. The highest BCUT2D eigenvalue weighted by atomic mass is 15.2. The van der Waals surface area contributed by atoms with Crippen molar-refractivity contribution in [3.05, 3.63) is 181 Å². The van der Waals surface area contributed by atoms with E-state index in [2.05, 4.69) is 185 Å². The average molecular weight is 664 g/mol. The van der Waals surface area contributed by atoms with Gasteiger partial charge in [0.2, 0.25) is 0 Å². The Bertz CT molecular complexity index is 2570. The van der Waals surface area contributed by atoms with Crippen LogP contribution in [0.4, 0.5) is 0 Å². The van der Waals surface area contributed by atoms with E-state index in [1.165, 1.54) is 49.2 Å². The van der Waals surface area contributed by atoms with Crippen molar-refractivity contribution in [1.29, 1.82) is 0 Å². The Morgan fingerprint density at radius 1 is 0.549 bits per heavy atom. The molecule has 250 valence electrons. The molecule has 1 aliphatic carbocycles. The highest BCUT2D eigenvalue weighted by molar-refractivity contribution is 6.23. The van der Waals surface area contributed by atoms with E-state index in [-0.39, 0.29) is 18.2 Å². The van der Waals surface area contributed by atoms with Crippen LogP contribution in [0.3, 0.4) is 0 Å². The molecule has 1 aliphatic rings. The zero-order valence-electron chi connectivity index (χ0n) is 28.7. The molecule has 0 amide bonds. The molecule has 51 heavy (non-hydrogen) atoms. The van der Waals surface area contributed by atoms with Crippen LogP contribution in [0.15, 0.2) is 169 Å². The van der Waals surface area contributed by atoms with Gasteiger partial charge in [-0.2, -0.15) is 0 Å². The first-order valence-electron chi connectivity index (χ1n) is 17.8. The normalized spacial score (nSPS) is 15.2. The molecule has 0 fully saturated rings. The van der Waals surface area contributed by atoms with Crippen LogP contribution < -0.4 is 11.5 Å². The lowest BCUT2D eigenvalue weighted by molar-refractivity contribution is 0.170. The molecule has 0 spiro atoms. The molecular weight excluding hydrogens is 623 g/mol. The maximum atomic E-state index is 7.25. The van der Waals surface area contributed by atoms with Crippen molar-refractivity contribution in [2.45, 2.75) is 31.1 Å². The van der Waals surface area contributed by atoms with Gasteiger partial charge in [0.15, 0.2) is 0 Å². The third-order valence-corrected chi connectivity index (χ3v) is 10.8. The molecule has 5 heteroatoms. The van der Waals surface area contributed by atoms with Gasteiger partial charge in [-0.15, -0.1) is 0 Å². The fraction of sp³-hybridized carbons (Fsp3) is 0.130. The van der Waals surface area contributed by atoms with Crippen LogP contribution in [0.5, 0.6) is 0 Å². The predicted molar refractivity (Wildman–Crippen MR) is 213 cm³/mol. The Labute approximate surface area is 298 Å². The number of hydrogen-bond acceptors (Lipinski definition) is 3. The lowest BCUT2D eigenvalue weighted by Crippen LogP contribution is -2.46. The monoisotopic (exact) mass is 663 g/mol. The third kappa shape index (κ3) is 5.21. The molecular formula is C46H41N5. The van der Waals surface area contributed by atoms with E-state index < -0.39 is 0 Å². The summed E-state index contributed by atoms with van der Waals surface area (Å²) < 4.78 is 4.86. The summed E-state index contributed by atoms with van der Waals surface area (Å²) in [4.78, 5) is 2.24. The van der Waals surface area contributed by atoms with Gasteiger partial charge in [0, 0.05) is 39.0 Å². The van der Waals surface area contributed by atoms with Gasteiger partial charge in [-0.25, -0.2) is 0 Å². The van der Waals surface area contributed by atoms with Gasteiger partial charge in [0.25, 0.3) is 0 Å². The SMILES string of the molecule is CN(C(N)C1=CC=CCC1)C(c1ccccc1)[C@@H](N)c1ccc(-n2c3ccccc3c3ccc4c5ccccc5n(-c5ccccc5)c4c32)cc1. The number of allylic oxidation sites excluding steroid dienone is 3. The van der Waals surface area contributed by atoms with E-state index >= 15 is 0 Å². The van der Waals surface area contributed by atoms with Crippen LogP contribution in [0.1, 0.15) is 36.1 Å². The highest BCUT2D eigenvalue weighted by Gasteiger charge is 2.30. The van der Waals surface area contributed by atoms with E-state index in [4.69, 9.17) is 11.5 Å². The van der Waals surface area contributed by atoms with Crippen molar-refractivity contribution in [3.8, 4) is 11.4 Å². The quantitative estimate of drug-likeness (QED) is 0.159. The number of nitrogens with zero attached hydrogens (tertiary/aromatic N) is 3. The van der Waals surface area contributed by atoms with Crippen LogP contribution in [-0.4, -0.2) is 27.2 Å². The first-order chi connectivity index (χ1) is 25.1. The number of likely N-dealkylation sites (N-methyl/N-ethyl adjacent to an activating group) is 1.